The highest BCUT2D eigenvalue weighted by molar-refractivity contribution is 6.01. The molecule has 0 saturated heterocycles. The molecule has 0 bridgehead atoms. The van der Waals surface area contributed by atoms with Crippen LogP contribution in [0.3, 0.4) is 0 Å². The molecule has 1 amide bonds. The van der Waals surface area contributed by atoms with E-state index in [2.05, 4.69) is 23.5 Å². The van der Waals surface area contributed by atoms with E-state index < -0.39 is 17.3 Å². The summed E-state index contributed by atoms with van der Waals surface area (Å²) in [5.74, 6) is -1.50. The number of hydrogen-bond donors (Lipinski definition) is 2. The summed E-state index contributed by atoms with van der Waals surface area (Å²) in [5.41, 5.74) is 4.26. The lowest BCUT2D eigenvalue weighted by atomic mass is 9.91. The van der Waals surface area contributed by atoms with Gasteiger partial charge in [0.25, 0.3) is 0 Å². The molecule has 1 aliphatic carbocycles. The van der Waals surface area contributed by atoms with Gasteiger partial charge >= 0.3 is 5.97 Å². The Kier molecular flexibility index (Phi) is 4.38. The lowest BCUT2D eigenvalue weighted by Gasteiger charge is -2.18. The van der Waals surface area contributed by atoms with E-state index in [4.69, 9.17) is 5.11 Å². The molecule has 2 aromatic carbocycles. The zero-order valence-corrected chi connectivity index (χ0v) is 14.8. The number of carboxylic acids is 1. The molecular formula is C21H23NO3. The van der Waals surface area contributed by atoms with Gasteiger partial charge in [-0.15, -0.1) is 0 Å². The molecule has 25 heavy (non-hydrogen) atoms. The first-order valence-electron chi connectivity index (χ1n) is 8.55. The summed E-state index contributed by atoms with van der Waals surface area (Å²) in [6.45, 7) is 5.73. The molecule has 1 atom stereocenters. The van der Waals surface area contributed by atoms with Crippen LogP contribution in [0.1, 0.15) is 47.9 Å². The second kappa shape index (κ2) is 6.36. The van der Waals surface area contributed by atoms with Gasteiger partial charge < -0.3 is 10.4 Å². The number of carbonyl (C=O) groups excluding carboxylic acids is 1. The summed E-state index contributed by atoms with van der Waals surface area (Å²) in [4.78, 5) is 24.1. The SMILES string of the molecule is Cc1cc(C)cc(C2(C(=O)Nc3cccc(C(C)C(=O)O)c3)CC2)c1. The Labute approximate surface area is 147 Å². The monoisotopic (exact) mass is 337 g/mol. The fourth-order valence-electron chi connectivity index (χ4n) is 3.30. The molecule has 2 N–H and O–H groups in total. The van der Waals surface area contributed by atoms with Crippen LogP contribution in [0.25, 0.3) is 0 Å². The van der Waals surface area contributed by atoms with E-state index in [9.17, 15) is 9.59 Å². The fourth-order valence-corrected chi connectivity index (χ4v) is 3.30. The lowest BCUT2D eigenvalue weighted by Crippen LogP contribution is -2.28. The molecule has 2 aromatic rings. The van der Waals surface area contributed by atoms with E-state index in [0.717, 1.165) is 29.5 Å². The first-order valence-corrected chi connectivity index (χ1v) is 8.55. The molecule has 1 unspecified atom stereocenters. The number of benzene rings is 2. The van der Waals surface area contributed by atoms with E-state index in [1.807, 2.05) is 13.8 Å². The minimum atomic E-state index is -0.877. The maximum Gasteiger partial charge on any atom is 0.310 e. The van der Waals surface area contributed by atoms with Crippen molar-refractivity contribution in [3.63, 3.8) is 0 Å². The molecule has 1 fully saturated rings. The fraction of sp³-hybridized carbons (Fsp3) is 0.333. The Morgan fingerprint density at radius 3 is 2.28 bits per heavy atom. The Bertz CT molecular complexity index is 817. The van der Waals surface area contributed by atoms with Crippen LogP contribution in [0, 0.1) is 13.8 Å². The third-order valence-corrected chi connectivity index (χ3v) is 4.97. The number of amides is 1. The molecular weight excluding hydrogens is 314 g/mol. The largest absolute Gasteiger partial charge is 0.481 e. The number of hydrogen-bond acceptors (Lipinski definition) is 2. The number of carbonyl (C=O) groups is 2. The minimum Gasteiger partial charge on any atom is -0.481 e. The Morgan fingerprint density at radius 2 is 1.72 bits per heavy atom. The van der Waals surface area contributed by atoms with Crippen molar-refractivity contribution in [2.45, 2.75) is 44.9 Å². The van der Waals surface area contributed by atoms with E-state index in [-0.39, 0.29) is 5.91 Å². The van der Waals surface area contributed by atoms with Gasteiger partial charge in [-0.1, -0.05) is 41.5 Å². The zero-order chi connectivity index (χ0) is 18.2. The predicted molar refractivity (Wildman–Crippen MR) is 98.0 cm³/mol. The molecule has 130 valence electrons. The van der Waals surface area contributed by atoms with Gasteiger partial charge in [0.15, 0.2) is 0 Å². The second-order valence-electron chi connectivity index (χ2n) is 7.10. The van der Waals surface area contributed by atoms with Crippen molar-refractivity contribution in [1.82, 2.24) is 0 Å². The highest BCUT2D eigenvalue weighted by atomic mass is 16.4. The molecule has 0 heterocycles. The highest BCUT2D eigenvalue weighted by Crippen LogP contribution is 2.49. The van der Waals surface area contributed by atoms with Gasteiger partial charge in [-0.05, 0) is 56.9 Å². The summed E-state index contributed by atoms with van der Waals surface area (Å²) in [6.07, 6.45) is 1.68. The van der Waals surface area contributed by atoms with Crippen molar-refractivity contribution in [3.05, 3.63) is 64.7 Å². The summed E-state index contributed by atoms with van der Waals surface area (Å²) in [7, 11) is 0. The minimum absolute atomic E-state index is 0.0161. The van der Waals surface area contributed by atoms with E-state index in [0.29, 0.717) is 11.3 Å². The quantitative estimate of drug-likeness (QED) is 0.861. The average Bonchev–Trinajstić information content (AvgIpc) is 3.35. The Hall–Kier alpha value is -2.62. The van der Waals surface area contributed by atoms with Crippen molar-refractivity contribution in [2.75, 3.05) is 5.32 Å². The summed E-state index contributed by atoms with van der Waals surface area (Å²) in [5, 5.41) is 12.1. The van der Waals surface area contributed by atoms with Gasteiger partial charge in [0.1, 0.15) is 0 Å². The van der Waals surface area contributed by atoms with Crippen molar-refractivity contribution in [1.29, 1.82) is 0 Å². The first kappa shape index (κ1) is 17.2. The van der Waals surface area contributed by atoms with Gasteiger partial charge in [0, 0.05) is 5.69 Å². The summed E-state index contributed by atoms with van der Waals surface area (Å²) in [6, 6.07) is 13.4. The van der Waals surface area contributed by atoms with Crippen molar-refractivity contribution < 1.29 is 14.7 Å². The number of nitrogens with one attached hydrogen (secondary N) is 1. The van der Waals surface area contributed by atoms with Crippen LogP contribution < -0.4 is 5.32 Å². The number of carboxylic acid groups (broad SMARTS) is 1. The number of rotatable bonds is 5. The number of aliphatic carboxylic acids is 1. The Balaban J connectivity index is 1.83. The lowest BCUT2D eigenvalue weighted by molar-refractivity contribution is -0.138. The third kappa shape index (κ3) is 3.43. The molecule has 0 spiro atoms. The molecule has 3 rings (SSSR count). The van der Waals surface area contributed by atoms with E-state index in [1.165, 1.54) is 0 Å². The Morgan fingerprint density at radius 1 is 1.08 bits per heavy atom. The summed E-state index contributed by atoms with van der Waals surface area (Å²) >= 11 is 0. The van der Waals surface area contributed by atoms with Crippen LogP contribution in [0.5, 0.6) is 0 Å². The van der Waals surface area contributed by atoms with Crippen LogP contribution in [-0.2, 0) is 15.0 Å². The smallest absolute Gasteiger partial charge is 0.310 e. The predicted octanol–water partition coefficient (Wildman–Crippen LogP) is 4.16. The van der Waals surface area contributed by atoms with Gasteiger partial charge in [-0.3, -0.25) is 9.59 Å². The molecule has 0 radical (unpaired) electrons. The second-order valence-corrected chi connectivity index (χ2v) is 7.10. The van der Waals surface area contributed by atoms with Crippen LogP contribution in [0.4, 0.5) is 5.69 Å². The first-order chi connectivity index (χ1) is 11.8. The summed E-state index contributed by atoms with van der Waals surface area (Å²) < 4.78 is 0. The van der Waals surface area contributed by atoms with Crippen molar-refractivity contribution >= 4 is 17.6 Å². The third-order valence-electron chi connectivity index (χ3n) is 4.97. The van der Waals surface area contributed by atoms with Crippen molar-refractivity contribution in [2.24, 2.45) is 0 Å². The maximum absolute atomic E-state index is 12.9. The van der Waals surface area contributed by atoms with Crippen LogP contribution in [-0.4, -0.2) is 17.0 Å². The van der Waals surface area contributed by atoms with Crippen LogP contribution in [0.2, 0.25) is 0 Å². The highest BCUT2D eigenvalue weighted by Gasteiger charge is 2.51. The van der Waals surface area contributed by atoms with Gasteiger partial charge in [-0.25, -0.2) is 0 Å². The molecule has 1 aliphatic rings. The van der Waals surface area contributed by atoms with Crippen LogP contribution >= 0.6 is 0 Å². The van der Waals surface area contributed by atoms with Gasteiger partial charge in [0.05, 0.1) is 11.3 Å². The van der Waals surface area contributed by atoms with Crippen LogP contribution in [0.15, 0.2) is 42.5 Å². The molecule has 0 aromatic heterocycles. The molecule has 0 aliphatic heterocycles. The molecule has 4 nitrogen and oxygen atoms in total. The number of anilines is 1. The molecule has 4 heteroatoms. The van der Waals surface area contributed by atoms with E-state index in [1.54, 1.807) is 31.2 Å². The average molecular weight is 337 g/mol. The van der Waals surface area contributed by atoms with Gasteiger partial charge in [-0.2, -0.15) is 0 Å². The topological polar surface area (TPSA) is 66.4 Å². The molecule has 1 saturated carbocycles. The maximum atomic E-state index is 12.9. The van der Waals surface area contributed by atoms with E-state index >= 15 is 0 Å². The number of aryl methyl sites for hydroxylation is 2. The van der Waals surface area contributed by atoms with Crippen molar-refractivity contribution in [3.8, 4) is 0 Å². The standard InChI is InChI=1S/C21H23NO3/c1-13-9-14(2)11-17(10-13)21(7-8-21)20(25)22-18-6-4-5-16(12-18)15(3)19(23)24/h4-6,9-12,15H,7-8H2,1-3H3,(H,22,25)(H,23,24). The van der Waals surface area contributed by atoms with Gasteiger partial charge in [0.2, 0.25) is 5.91 Å². The normalized spacial score (nSPS) is 16.1. The zero-order valence-electron chi connectivity index (χ0n) is 14.8.